The highest BCUT2D eigenvalue weighted by Gasteiger charge is 2.05. The highest BCUT2D eigenvalue weighted by Crippen LogP contribution is 2.10. The maximum Gasteiger partial charge on any atom is 0.191 e. The molecule has 2 N–H and O–H groups in total. The Bertz CT molecular complexity index is 699. The van der Waals surface area contributed by atoms with Gasteiger partial charge in [0.1, 0.15) is 24.7 Å². The van der Waals surface area contributed by atoms with Crippen molar-refractivity contribution in [1.82, 2.24) is 25.4 Å². The SMILES string of the molecule is CCCCNC(=NCc1nnc(C)n1C)NCCOc1ccc(C)cc1.I. The Morgan fingerprint density at radius 2 is 1.81 bits per heavy atom. The molecule has 0 aliphatic heterocycles. The fourth-order valence-corrected chi connectivity index (χ4v) is 2.27. The molecule has 0 atom stereocenters. The molecule has 8 heteroatoms. The van der Waals surface area contributed by atoms with Gasteiger partial charge in [0.05, 0.1) is 6.54 Å². The molecular weight excluding hydrogens is 455 g/mol. The molecular formula is C19H31IN6O. The van der Waals surface area contributed by atoms with E-state index >= 15 is 0 Å². The van der Waals surface area contributed by atoms with E-state index in [1.165, 1.54) is 5.56 Å². The van der Waals surface area contributed by atoms with E-state index in [-0.39, 0.29) is 24.0 Å². The predicted molar refractivity (Wildman–Crippen MR) is 120 cm³/mol. The van der Waals surface area contributed by atoms with E-state index in [4.69, 9.17) is 4.74 Å². The lowest BCUT2D eigenvalue weighted by Crippen LogP contribution is -2.40. The first-order valence-corrected chi connectivity index (χ1v) is 9.16. The number of nitrogens with one attached hydrogen (secondary N) is 2. The van der Waals surface area contributed by atoms with Crippen molar-refractivity contribution in [1.29, 1.82) is 0 Å². The van der Waals surface area contributed by atoms with E-state index in [0.717, 1.165) is 42.7 Å². The summed E-state index contributed by atoms with van der Waals surface area (Å²) in [5, 5.41) is 14.9. The van der Waals surface area contributed by atoms with Crippen molar-refractivity contribution in [2.75, 3.05) is 19.7 Å². The number of ether oxygens (including phenoxy) is 1. The van der Waals surface area contributed by atoms with Gasteiger partial charge >= 0.3 is 0 Å². The van der Waals surface area contributed by atoms with Gasteiger partial charge in [0, 0.05) is 13.6 Å². The van der Waals surface area contributed by atoms with Crippen LogP contribution in [0.1, 0.15) is 37.0 Å². The quantitative estimate of drug-likeness (QED) is 0.247. The van der Waals surface area contributed by atoms with Crippen LogP contribution in [-0.2, 0) is 13.6 Å². The second-order valence-electron chi connectivity index (χ2n) is 6.26. The monoisotopic (exact) mass is 486 g/mol. The summed E-state index contributed by atoms with van der Waals surface area (Å²) in [6.45, 7) is 8.78. The maximum atomic E-state index is 5.75. The van der Waals surface area contributed by atoms with Gasteiger partial charge in [-0.3, -0.25) is 0 Å². The van der Waals surface area contributed by atoms with Crippen LogP contribution in [0.25, 0.3) is 0 Å². The largest absolute Gasteiger partial charge is 0.492 e. The van der Waals surface area contributed by atoms with Crippen LogP contribution in [0.3, 0.4) is 0 Å². The molecule has 150 valence electrons. The molecule has 0 fully saturated rings. The second kappa shape index (κ2) is 12.5. The summed E-state index contributed by atoms with van der Waals surface area (Å²) in [6.07, 6.45) is 2.24. The minimum Gasteiger partial charge on any atom is -0.492 e. The van der Waals surface area contributed by atoms with Gasteiger partial charge in [0.25, 0.3) is 0 Å². The fraction of sp³-hybridized carbons (Fsp3) is 0.526. The summed E-state index contributed by atoms with van der Waals surface area (Å²) in [4.78, 5) is 4.61. The summed E-state index contributed by atoms with van der Waals surface area (Å²) in [5.74, 6) is 3.38. The summed E-state index contributed by atoms with van der Waals surface area (Å²) < 4.78 is 7.70. The minimum atomic E-state index is 0. The summed E-state index contributed by atoms with van der Waals surface area (Å²) in [5.41, 5.74) is 1.23. The first-order valence-electron chi connectivity index (χ1n) is 9.16. The van der Waals surface area contributed by atoms with Crippen LogP contribution >= 0.6 is 24.0 Å². The lowest BCUT2D eigenvalue weighted by atomic mass is 10.2. The molecule has 2 rings (SSSR count). The molecule has 0 saturated heterocycles. The Balaban J connectivity index is 0.00000364. The molecule has 0 aliphatic carbocycles. The molecule has 1 aromatic heterocycles. The van der Waals surface area contributed by atoms with Gasteiger partial charge in [-0.15, -0.1) is 34.2 Å². The van der Waals surface area contributed by atoms with Crippen molar-refractivity contribution in [3.05, 3.63) is 41.5 Å². The van der Waals surface area contributed by atoms with E-state index in [1.54, 1.807) is 0 Å². The predicted octanol–water partition coefficient (Wildman–Crippen LogP) is 2.96. The van der Waals surface area contributed by atoms with Crippen LogP contribution in [0.4, 0.5) is 0 Å². The number of rotatable bonds is 9. The number of aryl methyl sites for hydroxylation is 2. The summed E-state index contributed by atoms with van der Waals surface area (Å²) in [6, 6.07) is 8.07. The molecule has 1 aromatic carbocycles. The molecule has 2 aromatic rings. The summed E-state index contributed by atoms with van der Waals surface area (Å²) in [7, 11) is 1.95. The van der Waals surface area contributed by atoms with Crippen molar-refractivity contribution < 1.29 is 4.74 Å². The van der Waals surface area contributed by atoms with Crippen molar-refractivity contribution in [3.8, 4) is 5.75 Å². The molecule has 0 unspecified atom stereocenters. The molecule has 0 aliphatic rings. The van der Waals surface area contributed by atoms with E-state index < -0.39 is 0 Å². The summed E-state index contributed by atoms with van der Waals surface area (Å²) >= 11 is 0. The van der Waals surface area contributed by atoms with Crippen LogP contribution in [0.2, 0.25) is 0 Å². The molecule has 0 radical (unpaired) electrons. The average molecular weight is 486 g/mol. The van der Waals surface area contributed by atoms with Gasteiger partial charge in [-0.05, 0) is 32.4 Å². The zero-order valence-corrected chi connectivity index (χ0v) is 19.0. The van der Waals surface area contributed by atoms with Crippen LogP contribution in [-0.4, -0.2) is 40.4 Å². The van der Waals surface area contributed by atoms with E-state index in [1.807, 2.05) is 42.8 Å². The molecule has 7 nitrogen and oxygen atoms in total. The minimum absolute atomic E-state index is 0. The topological polar surface area (TPSA) is 76.4 Å². The number of guanidine groups is 1. The Labute approximate surface area is 179 Å². The molecule has 27 heavy (non-hydrogen) atoms. The number of unbranched alkanes of at least 4 members (excludes halogenated alkanes) is 1. The molecule has 0 spiro atoms. The van der Waals surface area contributed by atoms with Crippen molar-refractivity contribution in [2.24, 2.45) is 12.0 Å². The normalized spacial score (nSPS) is 11.0. The highest BCUT2D eigenvalue weighted by molar-refractivity contribution is 14.0. The third-order valence-corrected chi connectivity index (χ3v) is 4.07. The highest BCUT2D eigenvalue weighted by atomic mass is 127. The Morgan fingerprint density at radius 3 is 2.44 bits per heavy atom. The van der Waals surface area contributed by atoms with E-state index in [0.29, 0.717) is 19.7 Å². The Morgan fingerprint density at radius 1 is 1.11 bits per heavy atom. The first kappa shape index (κ1) is 23.2. The third kappa shape index (κ3) is 8.15. The van der Waals surface area contributed by atoms with Gasteiger partial charge in [-0.1, -0.05) is 31.0 Å². The van der Waals surface area contributed by atoms with Crippen molar-refractivity contribution in [3.63, 3.8) is 0 Å². The number of hydrogen-bond acceptors (Lipinski definition) is 4. The standard InChI is InChI=1S/C19H30N6O.HI/c1-5-6-11-20-19(22-14-18-24-23-16(3)25(18)4)21-12-13-26-17-9-7-15(2)8-10-17;/h7-10H,5-6,11-14H2,1-4H3,(H2,20,21,22);1H. The molecule has 1 heterocycles. The van der Waals surface area contributed by atoms with Crippen LogP contribution in [0, 0.1) is 13.8 Å². The molecule has 0 bridgehead atoms. The van der Waals surface area contributed by atoms with Crippen molar-refractivity contribution >= 4 is 29.9 Å². The number of benzene rings is 1. The average Bonchev–Trinajstić information content (AvgIpc) is 2.96. The first-order chi connectivity index (χ1) is 12.6. The Kier molecular flexibility index (Phi) is 10.8. The molecule has 0 saturated carbocycles. The number of nitrogens with zero attached hydrogens (tertiary/aromatic N) is 4. The third-order valence-electron chi connectivity index (χ3n) is 4.07. The molecule has 0 amide bonds. The van der Waals surface area contributed by atoms with Crippen LogP contribution in [0.5, 0.6) is 5.75 Å². The smallest absolute Gasteiger partial charge is 0.191 e. The zero-order valence-electron chi connectivity index (χ0n) is 16.7. The van der Waals surface area contributed by atoms with E-state index in [9.17, 15) is 0 Å². The number of aromatic nitrogens is 3. The van der Waals surface area contributed by atoms with Gasteiger partial charge in [-0.2, -0.15) is 0 Å². The number of hydrogen-bond donors (Lipinski definition) is 2. The maximum absolute atomic E-state index is 5.75. The van der Waals surface area contributed by atoms with Gasteiger partial charge in [-0.25, -0.2) is 4.99 Å². The van der Waals surface area contributed by atoms with Crippen molar-refractivity contribution in [2.45, 2.75) is 40.2 Å². The zero-order chi connectivity index (χ0) is 18.8. The van der Waals surface area contributed by atoms with E-state index in [2.05, 4.69) is 39.7 Å². The van der Waals surface area contributed by atoms with Gasteiger partial charge < -0.3 is 19.9 Å². The van der Waals surface area contributed by atoms with Gasteiger partial charge in [0.15, 0.2) is 11.8 Å². The van der Waals surface area contributed by atoms with Crippen LogP contribution in [0.15, 0.2) is 29.3 Å². The number of aliphatic imine (C=N–C) groups is 1. The van der Waals surface area contributed by atoms with Gasteiger partial charge in [0.2, 0.25) is 0 Å². The lowest BCUT2D eigenvalue weighted by molar-refractivity contribution is 0.322. The lowest BCUT2D eigenvalue weighted by Gasteiger charge is -2.13. The van der Waals surface area contributed by atoms with Crippen LogP contribution < -0.4 is 15.4 Å². The number of halogens is 1. The second-order valence-corrected chi connectivity index (χ2v) is 6.26. The Hall–Kier alpha value is -1.84. The fourth-order valence-electron chi connectivity index (χ4n) is 2.27.